The topological polar surface area (TPSA) is 84.3 Å². The first-order valence-corrected chi connectivity index (χ1v) is 5.69. The molecule has 0 spiro atoms. The van der Waals surface area contributed by atoms with Crippen LogP contribution in [0.15, 0.2) is 11.4 Å². The molecule has 7 heteroatoms. The number of nitrogens with one attached hydrogen (secondary N) is 2. The Labute approximate surface area is 96.8 Å². The maximum atomic E-state index is 11.5. The number of nitrogens with zero attached hydrogens (tertiary/aromatic N) is 1. The molecule has 1 amide bonds. The molecule has 1 aromatic rings. The van der Waals surface area contributed by atoms with Gasteiger partial charge in [0.25, 0.3) is 5.91 Å². The Morgan fingerprint density at radius 1 is 1.56 bits per heavy atom. The highest BCUT2D eigenvalue weighted by Gasteiger charge is 2.14. The highest BCUT2D eigenvalue weighted by atomic mass is 32.1. The molecule has 1 aromatic heterocycles. The van der Waals surface area contributed by atoms with Gasteiger partial charge in [0.15, 0.2) is 0 Å². The first-order valence-electron chi connectivity index (χ1n) is 4.81. The van der Waals surface area contributed by atoms with Crippen molar-refractivity contribution < 1.29 is 9.72 Å². The highest BCUT2D eigenvalue weighted by molar-refractivity contribution is 7.13. The first kappa shape index (κ1) is 12.6. The number of rotatable bonds is 6. The van der Waals surface area contributed by atoms with Crippen LogP contribution >= 0.6 is 11.3 Å². The summed E-state index contributed by atoms with van der Waals surface area (Å²) in [5, 5.41) is 17.5. The minimum atomic E-state index is -0.498. The summed E-state index contributed by atoms with van der Waals surface area (Å²) in [6.07, 6.45) is 0.828. The molecular formula is C9H13N3O3S. The van der Waals surface area contributed by atoms with E-state index in [0.29, 0.717) is 12.1 Å². The van der Waals surface area contributed by atoms with Gasteiger partial charge in [0, 0.05) is 18.0 Å². The summed E-state index contributed by atoms with van der Waals surface area (Å²) in [4.78, 5) is 21.4. The summed E-state index contributed by atoms with van der Waals surface area (Å²) in [6, 6.07) is 1.29. The van der Waals surface area contributed by atoms with Crippen LogP contribution in [0.3, 0.4) is 0 Å². The van der Waals surface area contributed by atoms with Crippen molar-refractivity contribution in [3.63, 3.8) is 0 Å². The van der Waals surface area contributed by atoms with Crippen LogP contribution < -0.4 is 10.6 Å². The van der Waals surface area contributed by atoms with Crippen LogP contribution in [0.5, 0.6) is 0 Å². The molecule has 0 radical (unpaired) electrons. The lowest BCUT2D eigenvalue weighted by Crippen LogP contribution is -2.26. The zero-order valence-corrected chi connectivity index (χ0v) is 9.67. The number of carbonyl (C=O) groups is 1. The van der Waals surface area contributed by atoms with E-state index in [4.69, 9.17) is 0 Å². The monoisotopic (exact) mass is 243 g/mol. The minimum absolute atomic E-state index is 0.0135. The van der Waals surface area contributed by atoms with Crippen LogP contribution in [0.25, 0.3) is 0 Å². The van der Waals surface area contributed by atoms with Crippen molar-refractivity contribution in [2.75, 3.05) is 20.1 Å². The summed E-state index contributed by atoms with van der Waals surface area (Å²) < 4.78 is 0. The van der Waals surface area contributed by atoms with Gasteiger partial charge in [-0.1, -0.05) is 11.3 Å². The molecule has 0 bridgehead atoms. The second-order valence-electron chi connectivity index (χ2n) is 3.14. The van der Waals surface area contributed by atoms with Crippen molar-refractivity contribution >= 4 is 22.2 Å². The van der Waals surface area contributed by atoms with Crippen molar-refractivity contribution in [3.8, 4) is 0 Å². The van der Waals surface area contributed by atoms with E-state index in [2.05, 4.69) is 10.6 Å². The van der Waals surface area contributed by atoms with Crippen LogP contribution in [0.2, 0.25) is 0 Å². The van der Waals surface area contributed by atoms with E-state index in [1.165, 1.54) is 11.4 Å². The summed E-state index contributed by atoms with van der Waals surface area (Å²) in [7, 11) is 1.84. The van der Waals surface area contributed by atoms with Gasteiger partial charge in [-0.2, -0.15) is 0 Å². The predicted octanol–water partition coefficient (Wildman–Crippen LogP) is 0.996. The third kappa shape index (κ3) is 3.59. The van der Waals surface area contributed by atoms with Gasteiger partial charge < -0.3 is 10.6 Å². The molecule has 0 saturated heterocycles. The van der Waals surface area contributed by atoms with Crippen LogP contribution in [-0.4, -0.2) is 31.0 Å². The molecule has 0 aliphatic rings. The SMILES string of the molecule is CNCCCNC(=O)c1csc([N+](=O)[O-])c1. The van der Waals surface area contributed by atoms with Crippen molar-refractivity contribution in [3.05, 3.63) is 27.1 Å². The summed E-state index contributed by atoms with van der Waals surface area (Å²) in [6.45, 7) is 1.38. The lowest BCUT2D eigenvalue weighted by molar-refractivity contribution is -0.380. The van der Waals surface area contributed by atoms with E-state index in [1.54, 1.807) is 0 Å². The number of hydrogen-bond donors (Lipinski definition) is 2. The summed E-state index contributed by atoms with van der Waals surface area (Å²) in [5.41, 5.74) is 0.348. The normalized spacial score (nSPS) is 10.1. The number of amides is 1. The zero-order chi connectivity index (χ0) is 12.0. The molecule has 16 heavy (non-hydrogen) atoms. The molecule has 2 N–H and O–H groups in total. The Morgan fingerprint density at radius 2 is 2.31 bits per heavy atom. The van der Waals surface area contributed by atoms with Crippen LogP contribution in [0.4, 0.5) is 5.00 Å². The van der Waals surface area contributed by atoms with Crippen LogP contribution in [-0.2, 0) is 0 Å². The van der Waals surface area contributed by atoms with Gasteiger partial charge in [0.2, 0.25) is 0 Å². The van der Waals surface area contributed by atoms with Gasteiger partial charge in [-0.3, -0.25) is 14.9 Å². The second kappa shape index (κ2) is 6.19. The second-order valence-corrected chi connectivity index (χ2v) is 4.03. The van der Waals surface area contributed by atoms with Gasteiger partial charge in [-0.25, -0.2) is 0 Å². The van der Waals surface area contributed by atoms with E-state index in [1.807, 2.05) is 7.05 Å². The molecule has 0 aromatic carbocycles. The Hall–Kier alpha value is -1.47. The predicted molar refractivity (Wildman–Crippen MR) is 61.9 cm³/mol. The Balaban J connectivity index is 2.43. The van der Waals surface area contributed by atoms with Gasteiger partial charge in [-0.15, -0.1) is 0 Å². The molecule has 0 atom stereocenters. The number of carbonyl (C=O) groups excluding carboxylic acids is 1. The minimum Gasteiger partial charge on any atom is -0.352 e. The molecule has 1 heterocycles. The maximum absolute atomic E-state index is 11.5. The summed E-state index contributed by atoms with van der Waals surface area (Å²) >= 11 is 0.957. The Morgan fingerprint density at radius 3 is 2.88 bits per heavy atom. The summed E-state index contributed by atoms with van der Waals surface area (Å²) in [5.74, 6) is -0.263. The quantitative estimate of drug-likeness (QED) is 0.443. The third-order valence-corrected chi connectivity index (χ3v) is 2.80. The van der Waals surface area contributed by atoms with Crippen molar-refractivity contribution in [1.29, 1.82) is 0 Å². The molecule has 0 unspecified atom stereocenters. The molecule has 1 rings (SSSR count). The average Bonchev–Trinajstić information content (AvgIpc) is 2.73. The molecule has 0 saturated carbocycles. The molecule has 0 fully saturated rings. The molecule has 0 aliphatic heterocycles. The van der Waals surface area contributed by atoms with E-state index in [9.17, 15) is 14.9 Å². The lowest BCUT2D eigenvalue weighted by atomic mass is 10.3. The fourth-order valence-electron chi connectivity index (χ4n) is 1.11. The van der Waals surface area contributed by atoms with E-state index >= 15 is 0 Å². The largest absolute Gasteiger partial charge is 0.352 e. The smallest absolute Gasteiger partial charge is 0.324 e. The maximum Gasteiger partial charge on any atom is 0.324 e. The number of hydrogen-bond acceptors (Lipinski definition) is 5. The van der Waals surface area contributed by atoms with E-state index in [-0.39, 0.29) is 10.9 Å². The zero-order valence-electron chi connectivity index (χ0n) is 8.86. The van der Waals surface area contributed by atoms with Crippen molar-refractivity contribution in [1.82, 2.24) is 10.6 Å². The third-order valence-electron chi connectivity index (χ3n) is 1.92. The van der Waals surface area contributed by atoms with E-state index < -0.39 is 4.92 Å². The molecule has 88 valence electrons. The van der Waals surface area contributed by atoms with Crippen molar-refractivity contribution in [2.45, 2.75) is 6.42 Å². The highest BCUT2D eigenvalue weighted by Crippen LogP contribution is 2.22. The van der Waals surface area contributed by atoms with Gasteiger partial charge in [0.1, 0.15) is 0 Å². The molecular weight excluding hydrogens is 230 g/mol. The average molecular weight is 243 g/mol. The Kier molecular flexibility index (Phi) is 4.87. The van der Waals surface area contributed by atoms with Crippen LogP contribution in [0.1, 0.15) is 16.8 Å². The van der Waals surface area contributed by atoms with Crippen LogP contribution in [0, 0.1) is 10.1 Å². The van der Waals surface area contributed by atoms with Crippen molar-refractivity contribution in [2.24, 2.45) is 0 Å². The van der Waals surface area contributed by atoms with Gasteiger partial charge in [0.05, 0.1) is 10.5 Å². The molecule has 6 nitrogen and oxygen atoms in total. The fourth-order valence-corrected chi connectivity index (χ4v) is 1.81. The van der Waals surface area contributed by atoms with Gasteiger partial charge >= 0.3 is 5.00 Å². The fraction of sp³-hybridized carbons (Fsp3) is 0.444. The number of nitro groups is 1. The first-order chi connectivity index (χ1) is 7.65. The lowest BCUT2D eigenvalue weighted by Gasteiger charge is -2.02. The number of thiophene rings is 1. The van der Waals surface area contributed by atoms with Gasteiger partial charge in [-0.05, 0) is 20.0 Å². The Bertz CT molecular complexity index is 378. The van der Waals surface area contributed by atoms with E-state index in [0.717, 1.165) is 24.3 Å². The molecule has 0 aliphatic carbocycles. The standard InChI is InChI=1S/C9H13N3O3S/c1-10-3-2-4-11-9(13)7-5-8(12(14)15)16-6-7/h5-6,10H,2-4H2,1H3,(H,11,13).